The third-order valence-corrected chi connectivity index (χ3v) is 10.8. The van der Waals surface area contributed by atoms with Gasteiger partial charge in [-0.25, -0.2) is 8.42 Å². The summed E-state index contributed by atoms with van der Waals surface area (Å²) in [5.74, 6) is 0.364. The van der Waals surface area contributed by atoms with E-state index in [9.17, 15) is 18.0 Å². The van der Waals surface area contributed by atoms with Crippen LogP contribution >= 0.6 is 0 Å². The summed E-state index contributed by atoms with van der Waals surface area (Å²) in [6.45, 7) is 5.57. The lowest BCUT2D eigenvalue weighted by Crippen LogP contribution is -2.52. The van der Waals surface area contributed by atoms with E-state index in [4.69, 9.17) is 9.47 Å². The van der Waals surface area contributed by atoms with Crippen molar-refractivity contribution in [2.75, 3.05) is 59.6 Å². The van der Waals surface area contributed by atoms with Gasteiger partial charge >= 0.3 is 0 Å². The Bertz CT molecular complexity index is 1540. The van der Waals surface area contributed by atoms with Crippen LogP contribution in [0.2, 0.25) is 0 Å². The Hall–Kier alpha value is -3.77. The number of benzene rings is 3. The van der Waals surface area contributed by atoms with Crippen LogP contribution in [0, 0.1) is 0 Å². The highest BCUT2D eigenvalue weighted by molar-refractivity contribution is 7.89. The summed E-state index contributed by atoms with van der Waals surface area (Å²) in [6.07, 6.45) is 2.71. The Morgan fingerprint density at radius 2 is 1.53 bits per heavy atom. The standard InChI is InChI=1S/C36H46N4O6S/c1-45-32-14-9-31(10-15-32)28-40(35(41)18-13-29-11-16-33(17-12-29)47(43,44)39-20-5-6-21-39)34(27-30-7-3-2-4-8-30)36(42)37-19-22-38-23-25-46-26-24-38/h2-4,7-12,14-17,34H,5-6,13,18-28H2,1H3,(H,37,42). The number of hydrogen-bond acceptors (Lipinski definition) is 7. The summed E-state index contributed by atoms with van der Waals surface area (Å²) >= 11 is 0. The second-order valence-electron chi connectivity index (χ2n) is 12.1. The van der Waals surface area contributed by atoms with Crippen molar-refractivity contribution in [3.05, 3.63) is 95.6 Å². The summed E-state index contributed by atoms with van der Waals surface area (Å²) in [5.41, 5.74) is 2.70. The molecule has 2 aliphatic rings. The molecule has 2 amide bonds. The lowest BCUT2D eigenvalue weighted by Gasteiger charge is -2.32. The van der Waals surface area contributed by atoms with Crippen molar-refractivity contribution in [2.24, 2.45) is 0 Å². The average Bonchev–Trinajstić information content (AvgIpc) is 3.67. The number of rotatable bonds is 15. The van der Waals surface area contributed by atoms with Gasteiger partial charge in [0.15, 0.2) is 0 Å². The van der Waals surface area contributed by atoms with Crippen LogP contribution in [0.5, 0.6) is 5.75 Å². The molecule has 5 rings (SSSR count). The maximum absolute atomic E-state index is 14.1. The number of hydrogen-bond donors (Lipinski definition) is 1. The number of nitrogens with one attached hydrogen (secondary N) is 1. The van der Waals surface area contributed by atoms with Gasteiger partial charge in [0.2, 0.25) is 21.8 Å². The molecule has 0 radical (unpaired) electrons. The fourth-order valence-corrected chi connectivity index (χ4v) is 7.58. The van der Waals surface area contributed by atoms with Gasteiger partial charge < -0.3 is 19.7 Å². The molecule has 2 heterocycles. The zero-order chi connectivity index (χ0) is 33.1. The van der Waals surface area contributed by atoms with Crippen LogP contribution in [0.3, 0.4) is 0 Å². The van der Waals surface area contributed by atoms with E-state index in [2.05, 4.69) is 10.2 Å². The topological polar surface area (TPSA) is 108 Å². The number of carbonyl (C=O) groups excluding carboxylic acids is 2. The molecule has 1 unspecified atom stereocenters. The van der Waals surface area contributed by atoms with Crippen LogP contribution in [0.15, 0.2) is 83.8 Å². The molecule has 11 heteroatoms. The number of carbonyl (C=O) groups is 2. The molecule has 3 aromatic carbocycles. The molecule has 2 aliphatic heterocycles. The largest absolute Gasteiger partial charge is 0.497 e. The van der Waals surface area contributed by atoms with Crippen LogP contribution in [0.25, 0.3) is 0 Å². The number of amides is 2. The minimum atomic E-state index is -3.51. The first-order valence-electron chi connectivity index (χ1n) is 16.5. The molecule has 2 fully saturated rings. The van der Waals surface area contributed by atoms with Gasteiger partial charge in [-0.1, -0.05) is 54.6 Å². The monoisotopic (exact) mass is 662 g/mol. The van der Waals surface area contributed by atoms with Gasteiger partial charge in [0.1, 0.15) is 11.8 Å². The second kappa shape index (κ2) is 16.9. The van der Waals surface area contributed by atoms with Crippen LogP contribution in [-0.2, 0) is 43.7 Å². The molecule has 10 nitrogen and oxygen atoms in total. The van der Waals surface area contributed by atoms with E-state index < -0.39 is 16.1 Å². The zero-order valence-electron chi connectivity index (χ0n) is 27.2. The smallest absolute Gasteiger partial charge is 0.243 e. The number of nitrogens with zero attached hydrogens (tertiary/aromatic N) is 3. The second-order valence-corrected chi connectivity index (χ2v) is 14.0. The van der Waals surface area contributed by atoms with Crippen molar-refractivity contribution in [1.82, 2.24) is 19.4 Å². The Kier molecular flexibility index (Phi) is 12.4. The first-order valence-corrected chi connectivity index (χ1v) is 17.9. The van der Waals surface area contributed by atoms with E-state index in [0.29, 0.717) is 58.0 Å². The minimum Gasteiger partial charge on any atom is -0.497 e. The summed E-state index contributed by atoms with van der Waals surface area (Å²) < 4.78 is 38.3. The van der Waals surface area contributed by atoms with E-state index in [1.807, 2.05) is 54.6 Å². The molecule has 252 valence electrons. The number of sulfonamides is 1. The maximum Gasteiger partial charge on any atom is 0.243 e. The Labute approximate surface area is 278 Å². The lowest BCUT2D eigenvalue weighted by atomic mass is 10.0. The van der Waals surface area contributed by atoms with E-state index in [1.54, 1.807) is 36.3 Å². The SMILES string of the molecule is COc1ccc(CN(C(=O)CCc2ccc(S(=O)(=O)N3CCCC3)cc2)C(Cc2ccccc2)C(=O)NCCN2CCOCC2)cc1. The quantitative estimate of drug-likeness (QED) is 0.266. The summed E-state index contributed by atoms with van der Waals surface area (Å²) in [5, 5.41) is 3.11. The molecule has 0 aromatic heterocycles. The Morgan fingerprint density at radius 1 is 0.872 bits per heavy atom. The Morgan fingerprint density at radius 3 is 2.19 bits per heavy atom. The number of morpholine rings is 1. The molecule has 0 saturated carbocycles. The Balaban J connectivity index is 1.33. The van der Waals surface area contributed by atoms with E-state index in [1.165, 1.54) is 4.31 Å². The van der Waals surface area contributed by atoms with Crippen molar-refractivity contribution in [3.63, 3.8) is 0 Å². The van der Waals surface area contributed by atoms with Gasteiger partial charge in [-0.15, -0.1) is 0 Å². The maximum atomic E-state index is 14.1. The molecule has 0 spiro atoms. The predicted octanol–water partition coefficient (Wildman–Crippen LogP) is 3.50. The molecule has 0 aliphatic carbocycles. The van der Waals surface area contributed by atoms with Crippen LogP contribution in [0.4, 0.5) is 0 Å². The van der Waals surface area contributed by atoms with E-state index in [0.717, 1.165) is 42.6 Å². The van der Waals surface area contributed by atoms with Crippen molar-refractivity contribution < 1.29 is 27.5 Å². The summed E-state index contributed by atoms with van der Waals surface area (Å²) in [4.78, 5) is 32.2. The molecule has 2 saturated heterocycles. The van der Waals surface area contributed by atoms with Gasteiger partial charge in [0.05, 0.1) is 25.2 Å². The number of ether oxygens (including phenoxy) is 2. The van der Waals surface area contributed by atoms with Crippen molar-refractivity contribution in [1.29, 1.82) is 0 Å². The van der Waals surface area contributed by atoms with E-state index >= 15 is 0 Å². The van der Waals surface area contributed by atoms with Gasteiger partial charge in [-0.2, -0.15) is 4.31 Å². The van der Waals surface area contributed by atoms with Crippen LogP contribution in [0.1, 0.15) is 36.0 Å². The summed E-state index contributed by atoms with van der Waals surface area (Å²) in [6, 6.07) is 23.4. The van der Waals surface area contributed by atoms with Crippen LogP contribution in [-0.4, -0.2) is 100.0 Å². The number of aryl methyl sites for hydroxylation is 1. The molecule has 1 N–H and O–H groups in total. The first kappa shape index (κ1) is 34.6. The fourth-order valence-electron chi connectivity index (χ4n) is 6.06. The van der Waals surface area contributed by atoms with Crippen molar-refractivity contribution in [3.8, 4) is 5.75 Å². The normalized spacial score (nSPS) is 16.4. The number of methoxy groups -OCH3 is 1. The van der Waals surface area contributed by atoms with E-state index in [-0.39, 0.29) is 29.7 Å². The molecule has 47 heavy (non-hydrogen) atoms. The van der Waals surface area contributed by atoms with Gasteiger partial charge in [0, 0.05) is 58.7 Å². The molecule has 0 bridgehead atoms. The molecule has 3 aromatic rings. The third kappa shape index (κ3) is 9.63. The highest BCUT2D eigenvalue weighted by atomic mass is 32.2. The van der Waals surface area contributed by atoms with Crippen molar-refractivity contribution in [2.45, 2.75) is 49.6 Å². The predicted molar refractivity (Wildman–Crippen MR) is 181 cm³/mol. The highest BCUT2D eigenvalue weighted by Gasteiger charge is 2.31. The minimum absolute atomic E-state index is 0.154. The summed E-state index contributed by atoms with van der Waals surface area (Å²) in [7, 11) is -1.90. The third-order valence-electron chi connectivity index (χ3n) is 8.87. The molecule has 1 atom stereocenters. The van der Waals surface area contributed by atoms with Gasteiger partial charge in [-0.05, 0) is 60.2 Å². The molecular weight excluding hydrogens is 616 g/mol. The highest BCUT2D eigenvalue weighted by Crippen LogP contribution is 2.23. The zero-order valence-corrected chi connectivity index (χ0v) is 28.0. The first-order chi connectivity index (χ1) is 22.8. The van der Waals surface area contributed by atoms with Crippen molar-refractivity contribution >= 4 is 21.8 Å². The van der Waals surface area contributed by atoms with Crippen LogP contribution < -0.4 is 10.1 Å². The van der Waals surface area contributed by atoms with Gasteiger partial charge in [0.25, 0.3) is 0 Å². The molecular formula is C36H46N4O6S. The lowest BCUT2D eigenvalue weighted by molar-refractivity contribution is -0.141. The fraction of sp³-hybridized carbons (Fsp3) is 0.444. The van der Waals surface area contributed by atoms with Gasteiger partial charge in [-0.3, -0.25) is 14.5 Å². The average molecular weight is 663 g/mol.